The van der Waals surface area contributed by atoms with Gasteiger partial charge in [-0.25, -0.2) is 0 Å². The Balaban J connectivity index is 3.43. The van der Waals surface area contributed by atoms with Crippen LogP contribution in [0.5, 0.6) is 0 Å². The average molecular weight is 271 g/mol. The van der Waals surface area contributed by atoms with Crippen LogP contribution in [-0.4, -0.2) is 25.1 Å². The summed E-state index contributed by atoms with van der Waals surface area (Å²) < 4.78 is 0. The first-order valence-electron chi connectivity index (χ1n) is 6.91. The van der Waals surface area contributed by atoms with Gasteiger partial charge in [0.15, 0.2) is 0 Å². The van der Waals surface area contributed by atoms with Crippen molar-refractivity contribution in [1.29, 1.82) is 0 Å². The summed E-state index contributed by atoms with van der Waals surface area (Å²) >= 11 is 0. The van der Waals surface area contributed by atoms with Crippen LogP contribution >= 0.6 is 0 Å². The zero-order chi connectivity index (χ0) is 15.0. The van der Waals surface area contributed by atoms with Gasteiger partial charge in [-0.3, -0.25) is 0 Å². The molecule has 0 radical (unpaired) electrons. The molecule has 0 aliphatic carbocycles. The molecule has 1 rings (SSSR count). The van der Waals surface area contributed by atoms with E-state index in [1.54, 1.807) is 0 Å². The SMILES string of the molecule is C=C/C(=C\CNC)c1[nH]c(C=C)c(/C=C\C)c1CCN. The van der Waals surface area contributed by atoms with Crippen LogP contribution in [0.4, 0.5) is 0 Å². The van der Waals surface area contributed by atoms with E-state index in [0.717, 1.165) is 29.9 Å². The van der Waals surface area contributed by atoms with Crippen molar-refractivity contribution in [2.24, 2.45) is 5.73 Å². The van der Waals surface area contributed by atoms with E-state index in [4.69, 9.17) is 5.73 Å². The van der Waals surface area contributed by atoms with Crippen LogP contribution in [0.2, 0.25) is 0 Å². The fourth-order valence-electron chi connectivity index (χ4n) is 2.24. The number of nitrogens with one attached hydrogen (secondary N) is 2. The molecule has 0 saturated carbocycles. The van der Waals surface area contributed by atoms with Crippen molar-refractivity contribution in [3.05, 3.63) is 53.9 Å². The molecule has 4 N–H and O–H groups in total. The predicted molar refractivity (Wildman–Crippen MR) is 90.5 cm³/mol. The molecule has 3 heteroatoms. The highest BCUT2D eigenvalue weighted by Gasteiger charge is 2.14. The Morgan fingerprint density at radius 2 is 2.15 bits per heavy atom. The van der Waals surface area contributed by atoms with Gasteiger partial charge in [0.1, 0.15) is 0 Å². The number of likely N-dealkylation sites (N-methyl/N-ethyl adjacent to an activating group) is 1. The first-order chi connectivity index (χ1) is 9.73. The van der Waals surface area contributed by atoms with E-state index in [2.05, 4.69) is 35.6 Å². The van der Waals surface area contributed by atoms with Crippen molar-refractivity contribution in [3.63, 3.8) is 0 Å². The minimum Gasteiger partial charge on any atom is -0.354 e. The molecule has 0 fully saturated rings. The van der Waals surface area contributed by atoms with E-state index in [1.165, 1.54) is 11.1 Å². The Hall–Kier alpha value is -1.84. The molecule has 0 amide bonds. The molecule has 0 aromatic carbocycles. The number of aromatic amines is 1. The topological polar surface area (TPSA) is 53.8 Å². The van der Waals surface area contributed by atoms with Gasteiger partial charge < -0.3 is 16.0 Å². The second-order valence-corrected chi connectivity index (χ2v) is 4.47. The van der Waals surface area contributed by atoms with Crippen molar-refractivity contribution in [2.45, 2.75) is 13.3 Å². The van der Waals surface area contributed by atoms with Crippen LogP contribution in [-0.2, 0) is 6.42 Å². The van der Waals surface area contributed by atoms with Crippen LogP contribution in [0, 0.1) is 0 Å². The first kappa shape index (κ1) is 16.2. The zero-order valence-electron chi connectivity index (χ0n) is 12.5. The fourth-order valence-corrected chi connectivity index (χ4v) is 2.24. The van der Waals surface area contributed by atoms with Gasteiger partial charge in [-0.15, -0.1) is 0 Å². The van der Waals surface area contributed by atoms with Gasteiger partial charge in [-0.05, 0) is 44.1 Å². The molecule has 1 aromatic rings. The smallest absolute Gasteiger partial charge is 0.0494 e. The van der Waals surface area contributed by atoms with Crippen LogP contribution in [0.1, 0.15) is 29.4 Å². The summed E-state index contributed by atoms with van der Waals surface area (Å²) in [5, 5.41) is 3.12. The number of H-pyrrole nitrogens is 1. The minimum absolute atomic E-state index is 0.614. The summed E-state index contributed by atoms with van der Waals surface area (Å²) in [5.74, 6) is 0. The number of hydrogen-bond donors (Lipinski definition) is 3. The molecular formula is C17H25N3. The number of aromatic nitrogens is 1. The summed E-state index contributed by atoms with van der Waals surface area (Å²) in [6.45, 7) is 11.2. The molecule has 0 aliphatic heterocycles. The molecule has 0 atom stereocenters. The third-order valence-corrected chi connectivity index (χ3v) is 3.14. The monoisotopic (exact) mass is 271 g/mol. The van der Waals surface area contributed by atoms with Crippen molar-refractivity contribution in [2.75, 3.05) is 20.1 Å². The summed E-state index contributed by atoms with van der Waals surface area (Å²) in [4.78, 5) is 3.44. The van der Waals surface area contributed by atoms with Crippen LogP contribution in [0.25, 0.3) is 17.7 Å². The van der Waals surface area contributed by atoms with E-state index in [0.29, 0.717) is 6.54 Å². The fraction of sp³-hybridized carbons (Fsp3) is 0.294. The highest BCUT2D eigenvalue weighted by Crippen LogP contribution is 2.28. The van der Waals surface area contributed by atoms with E-state index in [-0.39, 0.29) is 0 Å². The lowest BCUT2D eigenvalue weighted by Crippen LogP contribution is -2.07. The molecule has 0 unspecified atom stereocenters. The maximum absolute atomic E-state index is 5.77. The Morgan fingerprint density at radius 1 is 1.40 bits per heavy atom. The maximum Gasteiger partial charge on any atom is 0.0494 e. The van der Waals surface area contributed by atoms with Gasteiger partial charge in [0.2, 0.25) is 0 Å². The molecular weight excluding hydrogens is 246 g/mol. The second-order valence-electron chi connectivity index (χ2n) is 4.47. The van der Waals surface area contributed by atoms with Crippen LogP contribution in [0.15, 0.2) is 31.4 Å². The zero-order valence-corrected chi connectivity index (χ0v) is 12.5. The standard InChI is InChI=1S/C17H25N3/c1-5-8-14-15(9-11-18)17(20-16(14)7-3)13(6-2)10-12-19-4/h5-8,10,19-20H,2-3,9,11-12,18H2,1,4H3/b8-5-,13-10+. The minimum atomic E-state index is 0.614. The highest BCUT2D eigenvalue weighted by molar-refractivity contribution is 5.79. The molecule has 108 valence electrons. The maximum atomic E-state index is 5.77. The second kappa shape index (κ2) is 8.35. The molecule has 20 heavy (non-hydrogen) atoms. The van der Waals surface area contributed by atoms with E-state index < -0.39 is 0 Å². The third-order valence-electron chi connectivity index (χ3n) is 3.14. The van der Waals surface area contributed by atoms with Crippen molar-refractivity contribution in [3.8, 4) is 0 Å². The van der Waals surface area contributed by atoms with Gasteiger partial charge in [0.05, 0.1) is 0 Å². The van der Waals surface area contributed by atoms with E-state index >= 15 is 0 Å². The summed E-state index contributed by atoms with van der Waals surface area (Å²) in [6.07, 6.45) is 10.8. The van der Waals surface area contributed by atoms with Crippen LogP contribution < -0.4 is 11.1 Å². The quantitative estimate of drug-likeness (QED) is 0.637. The molecule has 0 saturated heterocycles. The molecule has 1 heterocycles. The van der Waals surface area contributed by atoms with Gasteiger partial charge in [0, 0.05) is 23.5 Å². The molecule has 1 aromatic heterocycles. The van der Waals surface area contributed by atoms with Gasteiger partial charge in [-0.2, -0.15) is 0 Å². The lowest BCUT2D eigenvalue weighted by atomic mass is 10.0. The Morgan fingerprint density at radius 3 is 2.65 bits per heavy atom. The van der Waals surface area contributed by atoms with Crippen molar-refractivity contribution in [1.82, 2.24) is 10.3 Å². The summed E-state index contributed by atoms with van der Waals surface area (Å²) in [6, 6.07) is 0. The van der Waals surface area contributed by atoms with Gasteiger partial charge in [0.25, 0.3) is 0 Å². The summed E-state index contributed by atoms with van der Waals surface area (Å²) in [7, 11) is 1.92. The Bertz CT molecular complexity index is 519. The van der Waals surface area contributed by atoms with Crippen molar-refractivity contribution < 1.29 is 0 Å². The van der Waals surface area contributed by atoms with Gasteiger partial charge in [-0.1, -0.05) is 37.5 Å². The van der Waals surface area contributed by atoms with Gasteiger partial charge >= 0.3 is 0 Å². The molecule has 0 aliphatic rings. The third kappa shape index (κ3) is 3.59. The van der Waals surface area contributed by atoms with E-state index in [1.807, 2.05) is 32.2 Å². The average Bonchev–Trinajstić information content (AvgIpc) is 2.79. The molecule has 0 bridgehead atoms. The first-order valence-corrected chi connectivity index (χ1v) is 6.91. The molecule has 0 spiro atoms. The van der Waals surface area contributed by atoms with Crippen molar-refractivity contribution >= 4 is 17.7 Å². The summed E-state index contributed by atoms with van der Waals surface area (Å²) in [5.41, 5.74) is 11.4. The molecule has 3 nitrogen and oxygen atoms in total. The lowest BCUT2D eigenvalue weighted by molar-refractivity contribution is 0.919. The van der Waals surface area contributed by atoms with E-state index in [9.17, 15) is 0 Å². The van der Waals surface area contributed by atoms with Crippen LogP contribution in [0.3, 0.4) is 0 Å². The number of hydrogen-bond acceptors (Lipinski definition) is 2. The number of nitrogens with two attached hydrogens (primary N) is 1. The number of allylic oxidation sites excluding steroid dienone is 3. The Kier molecular flexibility index (Phi) is 6.77. The highest BCUT2D eigenvalue weighted by atomic mass is 14.8. The number of rotatable bonds is 8. The Labute approximate surface area is 122 Å². The largest absolute Gasteiger partial charge is 0.354 e. The normalized spacial score (nSPS) is 12.1. The lowest BCUT2D eigenvalue weighted by Gasteiger charge is -2.06. The predicted octanol–water partition coefficient (Wildman–Crippen LogP) is 2.98.